The highest BCUT2D eigenvalue weighted by Crippen LogP contribution is 2.24. The summed E-state index contributed by atoms with van der Waals surface area (Å²) in [5.74, 6) is 1.79. The molecule has 6 heteroatoms. The van der Waals surface area contributed by atoms with Crippen LogP contribution in [-0.2, 0) is 19.1 Å². The molecule has 1 rings (SSSR count). The first-order valence-electron chi connectivity index (χ1n) is 4.81. The Balaban J connectivity index is 2.19. The average molecular weight is 262 g/mol. The van der Waals surface area contributed by atoms with Crippen LogP contribution in [0.15, 0.2) is 12.2 Å². The summed E-state index contributed by atoms with van der Waals surface area (Å²) in [5.41, 5.74) is 0.158. The Bertz CT molecular complexity index is 285. The summed E-state index contributed by atoms with van der Waals surface area (Å²) in [4.78, 5) is 22.3. The van der Waals surface area contributed by atoms with Crippen LogP contribution in [0.2, 0.25) is 0 Å². The summed E-state index contributed by atoms with van der Waals surface area (Å²) in [6, 6.07) is 0. The van der Waals surface area contributed by atoms with Crippen LogP contribution in [0.25, 0.3) is 0 Å². The van der Waals surface area contributed by atoms with E-state index in [1.165, 1.54) is 6.92 Å². The lowest BCUT2D eigenvalue weighted by Gasteiger charge is -2.20. The molecule has 1 aliphatic rings. The zero-order valence-corrected chi connectivity index (χ0v) is 10.7. The van der Waals surface area contributed by atoms with Crippen molar-refractivity contribution < 1.29 is 19.1 Å². The predicted octanol–water partition coefficient (Wildman–Crippen LogP) is 1.45. The molecule has 0 amide bonds. The third-order valence-corrected chi connectivity index (χ3v) is 4.29. The van der Waals surface area contributed by atoms with E-state index in [0.29, 0.717) is 0 Å². The van der Waals surface area contributed by atoms with Gasteiger partial charge in [-0.05, 0) is 6.92 Å². The molecule has 1 fully saturated rings. The topological polar surface area (TPSA) is 52.6 Å². The molecular formula is C10H14O4S2. The lowest BCUT2D eigenvalue weighted by atomic mass is 10.4. The first kappa shape index (κ1) is 13.4. The summed E-state index contributed by atoms with van der Waals surface area (Å²) >= 11 is 3.36. The van der Waals surface area contributed by atoms with Crippen LogP contribution in [0.5, 0.6) is 0 Å². The van der Waals surface area contributed by atoms with Gasteiger partial charge < -0.3 is 9.47 Å². The molecule has 0 aromatic rings. The number of rotatable bonds is 4. The van der Waals surface area contributed by atoms with Gasteiger partial charge >= 0.3 is 11.9 Å². The Kier molecular flexibility index (Phi) is 5.76. The first-order valence-corrected chi connectivity index (χ1v) is 7.01. The maximum absolute atomic E-state index is 11.3. The summed E-state index contributed by atoms with van der Waals surface area (Å²) in [6.07, 6.45) is 0. The van der Waals surface area contributed by atoms with Gasteiger partial charge in [0.1, 0.15) is 0 Å². The van der Waals surface area contributed by atoms with Gasteiger partial charge in [-0.3, -0.25) is 0 Å². The molecule has 0 saturated carbocycles. The quantitative estimate of drug-likeness (QED) is 0.564. The second-order valence-corrected chi connectivity index (χ2v) is 5.64. The fourth-order valence-electron chi connectivity index (χ4n) is 0.962. The Morgan fingerprint density at radius 2 is 2.19 bits per heavy atom. The van der Waals surface area contributed by atoms with Gasteiger partial charge in [0.2, 0.25) is 0 Å². The number of hydrogen-bond acceptors (Lipinski definition) is 6. The smallest absolute Gasteiger partial charge is 0.345 e. The molecule has 0 aliphatic carbocycles. The van der Waals surface area contributed by atoms with Crippen molar-refractivity contribution in [1.29, 1.82) is 0 Å². The Labute approximate surface area is 103 Å². The van der Waals surface area contributed by atoms with Crippen molar-refractivity contribution in [1.82, 2.24) is 0 Å². The van der Waals surface area contributed by atoms with Gasteiger partial charge in [0, 0.05) is 22.8 Å². The van der Waals surface area contributed by atoms with Gasteiger partial charge in [0.15, 0.2) is 12.0 Å². The third kappa shape index (κ3) is 4.94. The maximum atomic E-state index is 11.3. The SMILES string of the molecule is C=C(C)C(=O)OCC(=O)O[C@@H]1CSCCS1. The Hall–Kier alpha value is -0.620. The minimum absolute atomic E-state index is 0.116. The lowest BCUT2D eigenvalue weighted by Crippen LogP contribution is -2.25. The molecule has 0 unspecified atom stereocenters. The largest absolute Gasteiger partial charge is 0.450 e. The Morgan fingerprint density at radius 3 is 2.75 bits per heavy atom. The standard InChI is InChI=1S/C10H14O4S2/c1-7(2)10(12)13-5-8(11)14-9-6-15-3-4-16-9/h9H,1,3-6H2,2H3/t9-/m0/s1. The predicted molar refractivity (Wildman–Crippen MR) is 65.4 cm³/mol. The van der Waals surface area contributed by atoms with E-state index in [9.17, 15) is 9.59 Å². The molecule has 90 valence electrons. The maximum Gasteiger partial charge on any atom is 0.345 e. The van der Waals surface area contributed by atoms with Gasteiger partial charge in [-0.25, -0.2) is 9.59 Å². The van der Waals surface area contributed by atoms with Gasteiger partial charge in [0.05, 0.1) is 0 Å². The molecule has 0 N–H and O–H groups in total. The summed E-state index contributed by atoms with van der Waals surface area (Å²) < 4.78 is 9.80. The van der Waals surface area contributed by atoms with Gasteiger partial charge in [-0.1, -0.05) is 6.58 Å². The molecular weight excluding hydrogens is 248 g/mol. The molecule has 1 aliphatic heterocycles. The minimum atomic E-state index is -0.567. The Morgan fingerprint density at radius 1 is 1.44 bits per heavy atom. The lowest BCUT2D eigenvalue weighted by molar-refractivity contribution is -0.157. The van der Waals surface area contributed by atoms with Gasteiger partial charge in [0.25, 0.3) is 0 Å². The van der Waals surface area contributed by atoms with Crippen LogP contribution in [0.3, 0.4) is 0 Å². The number of thioether (sulfide) groups is 2. The van der Waals surface area contributed by atoms with E-state index in [1.807, 2.05) is 0 Å². The van der Waals surface area contributed by atoms with Crippen molar-refractivity contribution in [3.8, 4) is 0 Å². The highest BCUT2D eigenvalue weighted by Gasteiger charge is 2.19. The van der Waals surface area contributed by atoms with Crippen molar-refractivity contribution in [3.05, 3.63) is 12.2 Å². The average Bonchev–Trinajstić information content (AvgIpc) is 2.27. The summed E-state index contributed by atoms with van der Waals surface area (Å²) in [7, 11) is 0. The second-order valence-electron chi connectivity index (χ2n) is 3.22. The van der Waals surface area contributed by atoms with Crippen molar-refractivity contribution >= 4 is 35.5 Å². The molecule has 0 radical (unpaired) electrons. The van der Waals surface area contributed by atoms with E-state index in [2.05, 4.69) is 11.3 Å². The second kappa shape index (κ2) is 6.85. The monoisotopic (exact) mass is 262 g/mol. The van der Waals surface area contributed by atoms with E-state index in [-0.39, 0.29) is 17.6 Å². The molecule has 0 aromatic heterocycles. The number of carbonyl (C=O) groups excluding carboxylic acids is 2. The van der Waals surface area contributed by atoms with E-state index in [0.717, 1.165) is 17.3 Å². The molecule has 16 heavy (non-hydrogen) atoms. The summed E-state index contributed by atoms with van der Waals surface area (Å²) in [6.45, 7) is 4.60. The van der Waals surface area contributed by atoms with Crippen LogP contribution < -0.4 is 0 Å². The molecule has 0 aromatic carbocycles. The van der Waals surface area contributed by atoms with E-state index >= 15 is 0 Å². The highest BCUT2D eigenvalue weighted by atomic mass is 32.2. The van der Waals surface area contributed by atoms with E-state index in [1.54, 1.807) is 23.5 Å². The molecule has 4 nitrogen and oxygen atoms in total. The van der Waals surface area contributed by atoms with Crippen molar-refractivity contribution in [2.45, 2.75) is 12.4 Å². The van der Waals surface area contributed by atoms with Crippen LogP contribution in [0.1, 0.15) is 6.92 Å². The zero-order chi connectivity index (χ0) is 12.0. The number of carbonyl (C=O) groups is 2. The number of esters is 2. The molecule has 1 heterocycles. The van der Waals surface area contributed by atoms with Gasteiger partial charge in [-0.2, -0.15) is 11.8 Å². The van der Waals surface area contributed by atoms with E-state index < -0.39 is 11.9 Å². The number of hydrogen-bond donors (Lipinski definition) is 0. The molecule has 1 atom stereocenters. The minimum Gasteiger partial charge on any atom is -0.450 e. The van der Waals surface area contributed by atoms with Crippen LogP contribution in [-0.4, -0.2) is 41.2 Å². The fourth-order valence-corrected chi connectivity index (χ4v) is 3.36. The van der Waals surface area contributed by atoms with E-state index in [4.69, 9.17) is 4.74 Å². The number of ether oxygens (including phenoxy) is 2. The summed E-state index contributed by atoms with van der Waals surface area (Å²) in [5, 5.41) is 0. The van der Waals surface area contributed by atoms with Crippen LogP contribution >= 0.6 is 23.5 Å². The zero-order valence-electron chi connectivity index (χ0n) is 9.06. The van der Waals surface area contributed by atoms with Crippen molar-refractivity contribution in [2.24, 2.45) is 0 Å². The normalized spacial score (nSPS) is 19.9. The van der Waals surface area contributed by atoms with Crippen LogP contribution in [0.4, 0.5) is 0 Å². The van der Waals surface area contributed by atoms with Crippen LogP contribution in [0, 0.1) is 0 Å². The van der Waals surface area contributed by atoms with Gasteiger partial charge in [-0.15, -0.1) is 11.8 Å². The molecule has 0 spiro atoms. The molecule has 1 saturated heterocycles. The third-order valence-electron chi connectivity index (χ3n) is 1.72. The fraction of sp³-hybridized carbons (Fsp3) is 0.600. The van der Waals surface area contributed by atoms with Crippen molar-refractivity contribution in [3.63, 3.8) is 0 Å². The highest BCUT2D eigenvalue weighted by molar-refractivity contribution is 8.06. The first-order chi connectivity index (χ1) is 7.59. The molecule has 0 bridgehead atoms. The van der Waals surface area contributed by atoms with Crippen molar-refractivity contribution in [2.75, 3.05) is 23.9 Å².